The molecule has 0 saturated carbocycles. The van der Waals surface area contributed by atoms with E-state index in [4.69, 9.17) is 0 Å². The van der Waals surface area contributed by atoms with Gasteiger partial charge >= 0.3 is 6.18 Å². The van der Waals surface area contributed by atoms with Crippen LogP contribution in [0.3, 0.4) is 0 Å². The van der Waals surface area contributed by atoms with Gasteiger partial charge in [-0.3, -0.25) is 14.6 Å². The zero-order valence-corrected chi connectivity index (χ0v) is 19.4. The summed E-state index contributed by atoms with van der Waals surface area (Å²) in [7, 11) is 1.66. The smallest absolute Gasteiger partial charge is 0.391 e. The van der Waals surface area contributed by atoms with Crippen molar-refractivity contribution in [2.45, 2.75) is 25.7 Å². The lowest BCUT2D eigenvalue weighted by atomic mass is 10.0. The molecular weight excluding hydrogens is 498 g/mol. The van der Waals surface area contributed by atoms with Crippen LogP contribution in [-0.4, -0.2) is 40.8 Å². The van der Waals surface area contributed by atoms with Crippen molar-refractivity contribution < 1.29 is 27.5 Å². The summed E-state index contributed by atoms with van der Waals surface area (Å²) in [5.74, 6) is -2.42. The number of rotatable bonds is 6. The molecule has 1 amide bonds. The van der Waals surface area contributed by atoms with Crippen LogP contribution >= 0.6 is 0 Å². The number of halogens is 4. The van der Waals surface area contributed by atoms with Crippen LogP contribution < -0.4 is 10.9 Å². The molecule has 0 spiro atoms. The highest BCUT2D eigenvalue weighted by Gasteiger charge is 2.35. The van der Waals surface area contributed by atoms with Gasteiger partial charge in [0.15, 0.2) is 0 Å². The molecule has 0 aliphatic heterocycles. The molecule has 192 valence electrons. The molecule has 14 heteroatoms. The van der Waals surface area contributed by atoms with Gasteiger partial charge in [0.25, 0.3) is 11.5 Å². The molecule has 0 saturated heterocycles. The van der Waals surface area contributed by atoms with E-state index in [1.54, 1.807) is 13.1 Å². The van der Waals surface area contributed by atoms with Gasteiger partial charge in [0.2, 0.25) is 0 Å². The third kappa shape index (κ3) is 5.09. The Kier molecular flexibility index (Phi) is 6.85. The summed E-state index contributed by atoms with van der Waals surface area (Å²) in [4.78, 5) is 29.9. The Morgan fingerprint density at radius 3 is 2.59 bits per heavy atom. The van der Waals surface area contributed by atoms with Crippen molar-refractivity contribution in [3.8, 4) is 16.9 Å². The Morgan fingerprint density at radius 2 is 1.95 bits per heavy atom. The van der Waals surface area contributed by atoms with Crippen molar-refractivity contribution in [3.05, 3.63) is 87.5 Å². The summed E-state index contributed by atoms with van der Waals surface area (Å²) < 4.78 is 56.1. The summed E-state index contributed by atoms with van der Waals surface area (Å²) >= 11 is 0. The van der Waals surface area contributed by atoms with Crippen molar-refractivity contribution in [2.24, 2.45) is 7.05 Å². The van der Waals surface area contributed by atoms with Crippen LogP contribution in [-0.2, 0) is 19.8 Å². The van der Waals surface area contributed by atoms with Crippen molar-refractivity contribution in [1.82, 2.24) is 35.1 Å². The number of nitrogens with zero attached hydrogens (tertiary/aromatic N) is 6. The number of hydrogen-bond acceptors (Lipinski definition) is 7. The summed E-state index contributed by atoms with van der Waals surface area (Å²) in [5.41, 5.74) is -1.82. The van der Waals surface area contributed by atoms with E-state index < -0.39 is 41.7 Å². The fourth-order valence-electron chi connectivity index (χ4n) is 3.63. The number of hydrogen-bond donors (Lipinski definition) is 2. The Labute approximate surface area is 206 Å². The molecule has 0 fully saturated rings. The fourth-order valence-corrected chi connectivity index (χ4v) is 3.63. The molecule has 0 bridgehead atoms. The maximum atomic E-state index is 14.5. The molecule has 37 heavy (non-hydrogen) atoms. The SMILES string of the molecule is C[C@@H](NC(=O)c1cc(CO)c(=O)n(-c2cncc(-c3cnnn3C)c2)n1)c1cccc(C(F)(F)F)c1F. The number of nitrogens with one attached hydrogen (secondary N) is 1. The van der Waals surface area contributed by atoms with E-state index in [-0.39, 0.29) is 22.5 Å². The third-order valence-electron chi connectivity index (χ3n) is 5.52. The van der Waals surface area contributed by atoms with E-state index in [0.29, 0.717) is 17.3 Å². The maximum absolute atomic E-state index is 14.5. The van der Waals surface area contributed by atoms with Crippen molar-refractivity contribution >= 4 is 5.91 Å². The summed E-state index contributed by atoms with van der Waals surface area (Å²) in [6, 6.07) is 4.16. The Hall–Kier alpha value is -4.46. The van der Waals surface area contributed by atoms with Gasteiger partial charge in [0.05, 0.1) is 42.0 Å². The summed E-state index contributed by atoms with van der Waals surface area (Å²) in [6.07, 6.45) is -0.619. The van der Waals surface area contributed by atoms with Crippen LogP contribution in [0.1, 0.15) is 40.1 Å². The summed E-state index contributed by atoms with van der Waals surface area (Å²) in [5, 5.41) is 23.7. The zero-order chi connectivity index (χ0) is 26.9. The first-order chi connectivity index (χ1) is 17.5. The van der Waals surface area contributed by atoms with Gasteiger partial charge in [-0.1, -0.05) is 17.3 Å². The first-order valence-corrected chi connectivity index (χ1v) is 10.7. The van der Waals surface area contributed by atoms with E-state index in [1.807, 2.05) is 0 Å². The number of aliphatic hydroxyl groups is 1. The molecule has 4 rings (SSSR count). The van der Waals surface area contributed by atoms with Crippen molar-refractivity contribution in [2.75, 3.05) is 0 Å². The van der Waals surface area contributed by atoms with E-state index in [2.05, 4.69) is 25.7 Å². The van der Waals surface area contributed by atoms with E-state index in [9.17, 15) is 32.3 Å². The first kappa shape index (κ1) is 25.6. The molecule has 1 aromatic carbocycles. The minimum atomic E-state index is -4.91. The van der Waals surface area contributed by atoms with Crippen LogP contribution in [0, 0.1) is 5.82 Å². The van der Waals surface area contributed by atoms with Gasteiger partial charge in [-0.2, -0.15) is 23.0 Å². The predicted molar refractivity (Wildman–Crippen MR) is 121 cm³/mol. The lowest BCUT2D eigenvalue weighted by molar-refractivity contribution is -0.140. The molecular formula is C23H19F4N7O3. The zero-order valence-electron chi connectivity index (χ0n) is 19.4. The molecule has 0 unspecified atom stereocenters. The number of carbonyl (C=O) groups is 1. The predicted octanol–water partition coefficient (Wildman–Crippen LogP) is 2.56. The van der Waals surface area contributed by atoms with Crippen LogP contribution in [0.25, 0.3) is 16.9 Å². The minimum absolute atomic E-state index is 0.157. The van der Waals surface area contributed by atoms with Crippen molar-refractivity contribution in [1.29, 1.82) is 0 Å². The first-order valence-electron chi connectivity index (χ1n) is 10.7. The van der Waals surface area contributed by atoms with Crippen LogP contribution in [0.15, 0.2) is 53.7 Å². The monoisotopic (exact) mass is 517 g/mol. The van der Waals surface area contributed by atoms with Gasteiger partial charge in [0, 0.05) is 29.9 Å². The molecule has 3 heterocycles. The highest BCUT2D eigenvalue weighted by Crippen LogP contribution is 2.33. The molecule has 0 radical (unpaired) electrons. The molecule has 0 aliphatic carbocycles. The molecule has 10 nitrogen and oxygen atoms in total. The van der Waals surface area contributed by atoms with Gasteiger partial charge in [-0.15, -0.1) is 5.10 Å². The van der Waals surface area contributed by atoms with Crippen LogP contribution in [0.2, 0.25) is 0 Å². The van der Waals surface area contributed by atoms with Crippen LogP contribution in [0.4, 0.5) is 17.6 Å². The quantitative estimate of drug-likeness (QED) is 0.376. The lowest BCUT2D eigenvalue weighted by Gasteiger charge is -2.18. The number of aromatic nitrogens is 6. The lowest BCUT2D eigenvalue weighted by Crippen LogP contribution is -2.33. The minimum Gasteiger partial charge on any atom is -0.391 e. The third-order valence-corrected chi connectivity index (χ3v) is 5.52. The second kappa shape index (κ2) is 9.89. The summed E-state index contributed by atoms with van der Waals surface area (Å²) in [6.45, 7) is 0.576. The highest BCUT2D eigenvalue weighted by molar-refractivity contribution is 5.92. The normalized spacial score (nSPS) is 12.4. The van der Waals surface area contributed by atoms with Crippen molar-refractivity contribution in [3.63, 3.8) is 0 Å². The Bertz CT molecular complexity index is 1530. The van der Waals surface area contributed by atoms with Gasteiger partial charge in [0.1, 0.15) is 11.5 Å². The average Bonchev–Trinajstić information content (AvgIpc) is 3.29. The molecule has 3 aromatic heterocycles. The number of alkyl halides is 3. The van der Waals surface area contributed by atoms with E-state index >= 15 is 0 Å². The largest absolute Gasteiger partial charge is 0.419 e. The standard InChI is InChI=1S/C23H19F4N7O3/c1-12(16-4-3-5-17(20(16)24)23(25,26)27)30-21(36)18-7-14(11-35)22(37)34(31-18)15-6-13(8-28-9-15)19-10-29-32-33(19)2/h3-10,12,35H,11H2,1-2H3,(H,30,36)/t12-/m1/s1. The number of amides is 1. The number of carbonyl (C=O) groups excluding carboxylic acids is 1. The second-order valence-electron chi connectivity index (χ2n) is 8.01. The van der Waals surface area contributed by atoms with Gasteiger partial charge < -0.3 is 10.4 Å². The Morgan fingerprint density at radius 1 is 1.19 bits per heavy atom. The van der Waals surface area contributed by atoms with E-state index in [1.165, 1.54) is 30.2 Å². The van der Waals surface area contributed by atoms with Gasteiger partial charge in [-0.25, -0.2) is 9.07 Å². The fraction of sp³-hybridized carbons (Fsp3) is 0.217. The topological polar surface area (TPSA) is 128 Å². The molecule has 4 aromatic rings. The highest BCUT2D eigenvalue weighted by atomic mass is 19.4. The van der Waals surface area contributed by atoms with E-state index in [0.717, 1.165) is 22.9 Å². The number of benzene rings is 1. The second-order valence-corrected chi connectivity index (χ2v) is 8.01. The Balaban J connectivity index is 1.69. The van der Waals surface area contributed by atoms with Gasteiger partial charge in [-0.05, 0) is 25.1 Å². The maximum Gasteiger partial charge on any atom is 0.419 e. The number of aliphatic hydroxyl groups excluding tert-OH is 1. The van der Waals surface area contributed by atoms with Crippen LogP contribution in [0.5, 0.6) is 0 Å². The number of aryl methyl sites for hydroxylation is 1. The molecule has 1 atom stereocenters. The average molecular weight is 517 g/mol. The number of pyridine rings is 1. The molecule has 0 aliphatic rings. The molecule has 2 N–H and O–H groups in total.